The average molecular weight is 491 g/mol. The van der Waals surface area contributed by atoms with Crippen molar-refractivity contribution in [2.45, 2.75) is 4.90 Å². The second-order valence-electron chi connectivity index (χ2n) is 4.21. The lowest BCUT2D eigenvalue weighted by Gasteiger charge is -2.03. The molecule has 0 spiro atoms. The summed E-state index contributed by atoms with van der Waals surface area (Å²) in [5.74, 6) is -0.00984. The summed E-state index contributed by atoms with van der Waals surface area (Å²) in [4.78, 5) is 13.3. The van der Waals surface area contributed by atoms with E-state index in [1.807, 2.05) is 48.7 Å². The molecule has 2 aromatic carbocycles. The molecule has 0 atom stereocenters. The Labute approximate surface area is 153 Å². The van der Waals surface area contributed by atoms with E-state index >= 15 is 0 Å². The molecule has 0 amide bonds. The van der Waals surface area contributed by atoms with E-state index in [-0.39, 0.29) is 5.78 Å². The van der Waals surface area contributed by atoms with E-state index in [4.69, 9.17) is 0 Å². The molecule has 0 N–H and O–H groups in total. The van der Waals surface area contributed by atoms with Crippen molar-refractivity contribution in [3.05, 3.63) is 67.0 Å². The quantitative estimate of drug-likeness (QED) is 0.273. The highest BCUT2D eigenvalue weighted by Gasteiger charge is 2.06. The Kier molecular flexibility index (Phi) is 6.29. The van der Waals surface area contributed by atoms with Crippen LogP contribution in [0.1, 0.15) is 15.9 Å². The molecule has 0 aliphatic rings. The van der Waals surface area contributed by atoms with Gasteiger partial charge in [0.2, 0.25) is 0 Å². The fourth-order valence-corrected chi connectivity index (χ4v) is 4.65. The summed E-state index contributed by atoms with van der Waals surface area (Å²) < 4.78 is 2.81. The predicted octanol–water partition coefficient (Wildman–Crippen LogP) is 6.59. The van der Waals surface area contributed by atoms with Crippen LogP contribution in [0.5, 0.6) is 0 Å². The van der Waals surface area contributed by atoms with Crippen molar-refractivity contribution < 1.29 is 4.79 Å². The number of carbonyl (C=O) groups excluding carboxylic acids is 1. The van der Waals surface area contributed by atoms with Crippen molar-refractivity contribution in [2.75, 3.05) is 6.26 Å². The molecule has 0 bridgehead atoms. The second-order valence-corrected chi connectivity index (χ2v) is 7.71. The van der Waals surface area contributed by atoms with Crippen molar-refractivity contribution in [2.24, 2.45) is 0 Å². The number of halogens is 3. The highest BCUT2D eigenvalue weighted by Crippen LogP contribution is 2.31. The molecule has 5 heteroatoms. The fraction of sp³-hybridized carbons (Fsp3) is 0.0625. The van der Waals surface area contributed by atoms with Crippen molar-refractivity contribution in [1.82, 2.24) is 0 Å². The molecule has 0 unspecified atom stereocenters. The summed E-state index contributed by atoms with van der Waals surface area (Å²) in [6.07, 6.45) is 5.41. The Morgan fingerprint density at radius 3 is 2.14 bits per heavy atom. The van der Waals surface area contributed by atoms with Gasteiger partial charge in [-0.15, -0.1) is 11.8 Å². The molecule has 0 fully saturated rings. The minimum absolute atomic E-state index is 0.00984. The molecule has 108 valence electrons. The average Bonchev–Trinajstić information content (AvgIpc) is 2.46. The Balaban J connectivity index is 2.22. The maximum Gasteiger partial charge on any atom is 0.185 e. The first-order valence-electron chi connectivity index (χ1n) is 6.02. The lowest BCUT2D eigenvalue weighted by molar-refractivity contribution is 0.104. The summed E-state index contributed by atoms with van der Waals surface area (Å²) in [5.41, 5.74) is 1.63. The highest BCUT2D eigenvalue weighted by molar-refractivity contribution is 9.11. The van der Waals surface area contributed by atoms with Crippen LogP contribution in [0, 0.1) is 0 Å². The lowest BCUT2D eigenvalue weighted by atomic mass is 10.1. The van der Waals surface area contributed by atoms with Crippen molar-refractivity contribution in [3.8, 4) is 0 Å². The lowest BCUT2D eigenvalue weighted by Crippen LogP contribution is -1.93. The zero-order chi connectivity index (χ0) is 15.4. The SMILES string of the molecule is CSc1ccc(C(=O)/C=C/c2c(Br)cc(Br)cc2Br)cc1. The van der Waals surface area contributed by atoms with Gasteiger partial charge in [-0.3, -0.25) is 4.79 Å². The van der Waals surface area contributed by atoms with Crippen LogP contribution in [0.4, 0.5) is 0 Å². The Morgan fingerprint density at radius 1 is 1.05 bits per heavy atom. The zero-order valence-corrected chi connectivity index (χ0v) is 16.6. The minimum atomic E-state index is -0.00984. The van der Waals surface area contributed by atoms with Gasteiger partial charge in [-0.25, -0.2) is 0 Å². The van der Waals surface area contributed by atoms with Gasteiger partial charge in [0, 0.05) is 29.4 Å². The van der Waals surface area contributed by atoms with Gasteiger partial charge in [0.05, 0.1) is 0 Å². The van der Waals surface area contributed by atoms with Crippen LogP contribution < -0.4 is 0 Å². The number of rotatable bonds is 4. The molecule has 2 aromatic rings. The third kappa shape index (κ3) is 4.55. The molecule has 0 saturated carbocycles. The largest absolute Gasteiger partial charge is 0.289 e. The highest BCUT2D eigenvalue weighted by atomic mass is 79.9. The van der Waals surface area contributed by atoms with Gasteiger partial charge in [-0.2, -0.15) is 0 Å². The maximum absolute atomic E-state index is 12.2. The molecule has 0 aliphatic heterocycles. The molecule has 0 saturated heterocycles. The Bertz CT molecular complexity index is 670. The van der Waals surface area contributed by atoms with E-state index in [0.29, 0.717) is 5.56 Å². The van der Waals surface area contributed by atoms with Crippen LogP contribution >= 0.6 is 59.6 Å². The van der Waals surface area contributed by atoms with Crippen LogP contribution in [0.15, 0.2) is 60.8 Å². The first-order chi connectivity index (χ1) is 10.0. The van der Waals surface area contributed by atoms with Gasteiger partial charge < -0.3 is 0 Å². The molecular weight excluding hydrogens is 480 g/mol. The number of carbonyl (C=O) groups is 1. The molecule has 2 rings (SSSR count). The third-order valence-corrected chi connectivity index (χ3v) is 5.33. The van der Waals surface area contributed by atoms with Crippen LogP contribution in [0.3, 0.4) is 0 Å². The van der Waals surface area contributed by atoms with Crippen molar-refractivity contribution >= 4 is 71.4 Å². The molecule has 0 heterocycles. The normalized spacial score (nSPS) is 11.0. The summed E-state index contributed by atoms with van der Waals surface area (Å²) in [6.45, 7) is 0. The van der Waals surface area contributed by atoms with E-state index in [1.165, 1.54) is 0 Å². The number of ketones is 1. The summed E-state index contributed by atoms with van der Waals surface area (Å²) in [7, 11) is 0. The summed E-state index contributed by atoms with van der Waals surface area (Å²) in [5, 5.41) is 0. The van der Waals surface area contributed by atoms with Gasteiger partial charge >= 0.3 is 0 Å². The van der Waals surface area contributed by atoms with Gasteiger partial charge in [-0.05, 0) is 54.8 Å². The molecular formula is C16H11Br3OS. The smallest absolute Gasteiger partial charge is 0.185 e. The number of allylic oxidation sites excluding steroid dienone is 1. The van der Waals surface area contributed by atoms with Crippen molar-refractivity contribution in [1.29, 1.82) is 0 Å². The standard InChI is InChI=1S/C16H11Br3OS/c1-21-12-4-2-10(3-5-12)16(20)7-6-13-14(18)8-11(17)9-15(13)19/h2-9H,1H3/b7-6+. The van der Waals surface area contributed by atoms with Gasteiger partial charge in [-0.1, -0.05) is 47.8 Å². The molecule has 0 aromatic heterocycles. The van der Waals surface area contributed by atoms with E-state index < -0.39 is 0 Å². The van der Waals surface area contributed by atoms with Crippen LogP contribution in [0.2, 0.25) is 0 Å². The van der Waals surface area contributed by atoms with Crippen LogP contribution in [-0.4, -0.2) is 12.0 Å². The first kappa shape index (κ1) is 17.0. The summed E-state index contributed by atoms with van der Waals surface area (Å²) >= 11 is 12.1. The minimum Gasteiger partial charge on any atom is -0.289 e. The monoisotopic (exact) mass is 488 g/mol. The van der Waals surface area contributed by atoms with Crippen LogP contribution in [-0.2, 0) is 0 Å². The van der Waals surface area contributed by atoms with Crippen LogP contribution in [0.25, 0.3) is 6.08 Å². The van der Waals surface area contributed by atoms with Gasteiger partial charge in [0.25, 0.3) is 0 Å². The van der Waals surface area contributed by atoms with E-state index in [1.54, 1.807) is 17.8 Å². The number of hydrogen-bond donors (Lipinski definition) is 0. The predicted molar refractivity (Wildman–Crippen MR) is 101 cm³/mol. The molecule has 21 heavy (non-hydrogen) atoms. The molecule has 1 nitrogen and oxygen atoms in total. The fourth-order valence-electron chi connectivity index (χ4n) is 1.72. The second kappa shape index (κ2) is 7.77. The third-order valence-electron chi connectivity index (χ3n) is 2.82. The van der Waals surface area contributed by atoms with Crippen molar-refractivity contribution in [3.63, 3.8) is 0 Å². The number of benzene rings is 2. The Hall–Kier alpha value is -0.360. The summed E-state index contributed by atoms with van der Waals surface area (Å²) in [6, 6.07) is 11.5. The maximum atomic E-state index is 12.2. The molecule has 0 radical (unpaired) electrons. The molecule has 0 aliphatic carbocycles. The van der Waals surface area contributed by atoms with E-state index in [0.717, 1.165) is 23.9 Å². The van der Waals surface area contributed by atoms with E-state index in [9.17, 15) is 4.79 Å². The number of hydrogen-bond acceptors (Lipinski definition) is 2. The van der Waals surface area contributed by atoms with Gasteiger partial charge in [0.1, 0.15) is 0 Å². The van der Waals surface area contributed by atoms with E-state index in [2.05, 4.69) is 47.8 Å². The topological polar surface area (TPSA) is 17.1 Å². The first-order valence-corrected chi connectivity index (χ1v) is 9.62. The Morgan fingerprint density at radius 2 is 1.62 bits per heavy atom. The zero-order valence-electron chi connectivity index (χ0n) is 11.1. The number of thioether (sulfide) groups is 1. The van der Waals surface area contributed by atoms with Gasteiger partial charge in [0.15, 0.2) is 5.78 Å².